The molecule has 2 saturated heterocycles. The van der Waals surface area contributed by atoms with E-state index in [1.165, 1.54) is 4.90 Å². The van der Waals surface area contributed by atoms with E-state index in [0.717, 1.165) is 45.2 Å². The highest BCUT2D eigenvalue weighted by Gasteiger charge is 2.46. The van der Waals surface area contributed by atoms with Crippen molar-refractivity contribution in [3.05, 3.63) is 41.7 Å². The zero-order valence-corrected chi connectivity index (χ0v) is 17.0. The van der Waals surface area contributed by atoms with Gasteiger partial charge in [0.25, 0.3) is 0 Å². The molecule has 4 rings (SSSR count). The molecule has 8 heteroatoms. The summed E-state index contributed by atoms with van der Waals surface area (Å²) in [5.74, 6) is -0.747. The van der Waals surface area contributed by atoms with E-state index in [-0.39, 0.29) is 24.7 Å². The lowest BCUT2D eigenvalue weighted by Gasteiger charge is -2.46. The number of carboxylic acids is 1. The number of rotatable bonds is 5. The molecule has 0 aromatic heterocycles. The van der Waals surface area contributed by atoms with Gasteiger partial charge in [0, 0.05) is 12.6 Å². The highest BCUT2D eigenvalue weighted by molar-refractivity contribution is 5.97. The maximum atomic E-state index is 13.7. The standard InChI is InChI=1S/C22H27N5O3/c23-14-17-20-18(25-11-6-7-12-25)10-4-5-13-26(20)22(30)27(16-8-2-1-3-9-16)21(17)24-15-19(28)29/h1-3,8-9,18,20,24H,4-7,10-13,15H2,(H,28,29). The fourth-order valence-electron chi connectivity index (χ4n) is 4.91. The lowest BCUT2D eigenvalue weighted by molar-refractivity contribution is -0.135. The van der Waals surface area contributed by atoms with Crippen LogP contribution < -0.4 is 10.2 Å². The van der Waals surface area contributed by atoms with Crippen molar-refractivity contribution >= 4 is 17.7 Å². The number of nitriles is 1. The summed E-state index contributed by atoms with van der Waals surface area (Å²) in [6, 6.07) is 11.0. The highest BCUT2D eigenvalue weighted by Crippen LogP contribution is 2.36. The van der Waals surface area contributed by atoms with Gasteiger partial charge in [0.2, 0.25) is 0 Å². The molecule has 30 heavy (non-hydrogen) atoms. The Morgan fingerprint density at radius 1 is 1.13 bits per heavy atom. The van der Waals surface area contributed by atoms with Crippen LogP contribution in [0.3, 0.4) is 0 Å². The normalized spacial score (nSPS) is 25.0. The first-order valence-electron chi connectivity index (χ1n) is 10.6. The van der Waals surface area contributed by atoms with Gasteiger partial charge in [0.1, 0.15) is 18.4 Å². The average Bonchev–Trinajstić information content (AvgIpc) is 3.19. The number of anilines is 1. The van der Waals surface area contributed by atoms with Crippen molar-refractivity contribution in [3.8, 4) is 6.07 Å². The third kappa shape index (κ3) is 3.73. The van der Waals surface area contributed by atoms with E-state index < -0.39 is 5.97 Å². The number of fused-ring (bicyclic) bond motifs is 1. The predicted octanol–water partition coefficient (Wildman–Crippen LogP) is 2.35. The summed E-state index contributed by atoms with van der Waals surface area (Å²) in [4.78, 5) is 30.7. The maximum absolute atomic E-state index is 13.7. The van der Waals surface area contributed by atoms with E-state index in [9.17, 15) is 20.0 Å². The second-order valence-corrected chi connectivity index (χ2v) is 8.02. The summed E-state index contributed by atoms with van der Waals surface area (Å²) in [5.41, 5.74) is 1.06. The number of carbonyl (C=O) groups is 2. The average molecular weight is 409 g/mol. The molecule has 1 aromatic carbocycles. The Balaban J connectivity index is 1.84. The first-order chi connectivity index (χ1) is 14.6. The Labute approximate surface area is 176 Å². The number of hydrogen-bond acceptors (Lipinski definition) is 5. The quantitative estimate of drug-likeness (QED) is 0.774. The molecule has 2 fully saturated rings. The van der Waals surface area contributed by atoms with Crippen LogP contribution in [0.5, 0.6) is 0 Å². The van der Waals surface area contributed by atoms with Crippen molar-refractivity contribution in [2.75, 3.05) is 31.1 Å². The minimum atomic E-state index is -1.04. The number of carboxylic acid groups (broad SMARTS) is 1. The molecule has 158 valence electrons. The van der Waals surface area contributed by atoms with E-state index in [4.69, 9.17) is 0 Å². The van der Waals surface area contributed by atoms with Crippen LogP contribution in [0.25, 0.3) is 0 Å². The molecular weight excluding hydrogens is 382 g/mol. The molecular formula is C22H27N5O3. The Kier molecular flexibility index (Phi) is 5.91. The highest BCUT2D eigenvalue weighted by atomic mass is 16.4. The summed E-state index contributed by atoms with van der Waals surface area (Å²) < 4.78 is 0. The molecule has 0 aliphatic carbocycles. The molecule has 8 nitrogen and oxygen atoms in total. The molecule has 2 N–H and O–H groups in total. The molecule has 2 unspecified atom stereocenters. The molecule has 0 spiro atoms. The van der Waals surface area contributed by atoms with Crippen molar-refractivity contribution in [2.45, 2.75) is 44.2 Å². The molecule has 0 bridgehead atoms. The molecule has 1 aromatic rings. The molecule has 2 atom stereocenters. The van der Waals surface area contributed by atoms with Gasteiger partial charge < -0.3 is 15.3 Å². The van der Waals surface area contributed by atoms with E-state index >= 15 is 0 Å². The van der Waals surface area contributed by atoms with Gasteiger partial charge in [0.15, 0.2) is 0 Å². The van der Waals surface area contributed by atoms with Gasteiger partial charge in [-0.15, -0.1) is 0 Å². The number of benzene rings is 1. The Bertz CT molecular complexity index is 873. The SMILES string of the molecule is N#CC1=C(NCC(=O)O)N(c2ccccc2)C(=O)N2CCCCC(N3CCCC3)C12. The van der Waals surface area contributed by atoms with Crippen LogP contribution in [0.4, 0.5) is 10.5 Å². The summed E-state index contributed by atoms with van der Waals surface area (Å²) in [5, 5.41) is 22.3. The first kappa shape index (κ1) is 20.2. The maximum Gasteiger partial charge on any atom is 0.330 e. The summed E-state index contributed by atoms with van der Waals surface area (Å²) >= 11 is 0. The Hall–Kier alpha value is -3.05. The number of aliphatic carboxylic acids is 1. The summed E-state index contributed by atoms with van der Waals surface area (Å²) in [6.45, 7) is 2.18. The third-order valence-corrected chi connectivity index (χ3v) is 6.21. The minimum absolute atomic E-state index is 0.0770. The van der Waals surface area contributed by atoms with Gasteiger partial charge in [-0.25, -0.2) is 9.69 Å². The van der Waals surface area contributed by atoms with Crippen molar-refractivity contribution in [1.82, 2.24) is 15.1 Å². The Morgan fingerprint density at radius 3 is 2.50 bits per heavy atom. The van der Waals surface area contributed by atoms with Gasteiger partial charge in [-0.3, -0.25) is 9.69 Å². The second-order valence-electron chi connectivity index (χ2n) is 8.02. The van der Waals surface area contributed by atoms with Gasteiger partial charge in [-0.2, -0.15) is 5.26 Å². The largest absolute Gasteiger partial charge is 0.480 e. The molecule has 3 aliphatic rings. The van der Waals surface area contributed by atoms with E-state index in [2.05, 4.69) is 16.3 Å². The van der Waals surface area contributed by atoms with Crippen LogP contribution in [0.1, 0.15) is 32.1 Å². The van der Waals surface area contributed by atoms with Crippen molar-refractivity contribution < 1.29 is 14.7 Å². The lowest BCUT2D eigenvalue weighted by atomic mass is 9.92. The topological polar surface area (TPSA) is 99.9 Å². The smallest absolute Gasteiger partial charge is 0.330 e. The number of urea groups is 1. The number of nitrogens with zero attached hydrogens (tertiary/aromatic N) is 4. The number of carbonyl (C=O) groups excluding carboxylic acids is 1. The van der Waals surface area contributed by atoms with Crippen LogP contribution in [0.2, 0.25) is 0 Å². The van der Waals surface area contributed by atoms with Crippen LogP contribution in [0, 0.1) is 11.3 Å². The number of nitrogens with one attached hydrogen (secondary N) is 1. The van der Waals surface area contributed by atoms with E-state index in [1.807, 2.05) is 23.1 Å². The molecule has 2 amide bonds. The van der Waals surface area contributed by atoms with Crippen LogP contribution in [0.15, 0.2) is 41.7 Å². The monoisotopic (exact) mass is 409 g/mol. The molecule has 0 radical (unpaired) electrons. The number of amides is 2. The first-order valence-corrected chi connectivity index (χ1v) is 10.6. The summed E-state index contributed by atoms with van der Waals surface area (Å²) in [6.07, 6.45) is 5.08. The van der Waals surface area contributed by atoms with Crippen LogP contribution >= 0.6 is 0 Å². The lowest BCUT2D eigenvalue weighted by Crippen LogP contribution is -2.61. The Morgan fingerprint density at radius 2 is 1.83 bits per heavy atom. The zero-order valence-electron chi connectivity index (χ0n) is 17.0. The third-order valence-electron chi connectivity index (χ3n) is 6.21. The fourth-order valence-corrected chi connectivity index (χ4v) is 4.91. The van der Waals surface area contributed by atoms with Gasteiger partial charge in [0.05, 0.1) is 17.3 Å². The minimum Gasteiger partial charge on any atom is -0.480 e. The van der Waals surface area contributed by atoms with Crippen LogP contribution in [-0.4, -0.2) is 65.2 Å². The van der Waals surface area contributed by atoms with E-state index in [0.29, 0.717) is 23.6 Å². The van der Waals surface area contributed by atoms with Gasteiger partial charge in [-0.1, -0.05) is 24.6 Å². The molecule has 3 heterocycles. The van der Waals surface area contributed by atoms with Crippen molar-refractivity contribution in [1.29, 1.82) is 5.26 Å². The number of hydrogen-bond donors (Lipinski definition) is 2. The summed E-state index contributed by atoms with van der Waals surface area (Å²) in [7, 11) is 0. The van der Waals surface area contributed by atoms with Crippen LogP contribution in [-0.2, 0) is 4.79 Å². The predicted molar refractivity (Wildman–Crippen MR) is 112 cm³/mol. The van der Waals surface area contributed by atoms with Gasteiger partial charge in [-0.05, 0) is 50.9 Å². The fraction of sp³-hybridized carbons (Fsp3) is 0.500. The van der Waals surface area contributed by atoms with E-state index in [1.54, 1.807) is 12.1 Å². The second kappa shape index (κ2) is 8.76. The van der Waals surface area contributed by atoms with Gasteiger partial charge >= 0.3 is 12.0 Å². The molecule has 3 aliphatic heterocycles. The number of likely N-dealkylation sites (tertiary alicyclic amines) is 1. The van der Waals surface area contributed by atoms with Crippen molar-refractivity contribution in [3.63, 3.8) is 0 Å². The molecule has 0 saturated carbocycles. The zero-order chi connectivity index (χ0) is 21.1. The number of para-hydroxylation sites is 1. The van der Waals surface area contributed by atoms with Crippen molar-refractivity contribution in [2.24, 2.45) is 0 Å².